The third kappa shape index (κ3) is 1.48. The molecule has 1 fully saturated rings. The molecule has 0 amide bonds. The topological polar surface area (TPSA) is 23.5 Å². The predicted molar refractivity (Wildman–Crippen MR) is 64.3 cm³/mol. The summed E-state index contributed by atoms with van der Waals surface area (Å²) in [6, 6.07) is 8.81. The van der Waals surface area contributed by atoms with E-state index in [0.717, 1.165) is 13.0 Å². The van der Waals surface area contributed by atoms with Crippen molar-refractivity contribution in [2.75, 3.05) is 19.7 Å². The normalized spacial score (nSPS) is 32.2. The van der Waals surface area contributed by atoms with Gasteiger partial charge in [-0.25, -0.2) is 0 Å². The van der Waals surface area contributed by atoms with Crippen molar-refractivity contribution in [2.24, 2.45) is 0 Å². The van der Waals surface area contributed by atoms with Crippen LogP contribution in [0.3, 0.4) is 0 Å². The van der Waals surface area contributed by atoms with Crippen molar-refractivity contribution in [2.45, 2.75) is 31.2 Å². The van der Waals surface area contributed by atoms with Crippen LogP contribution in [0.15, 0.2) is 24.3 Å². The molecule has 0 atom stereocenters. The number of hydrogen-bond donors (Lipinski definition) is 1. The lowest BCUT2D eigenvalue weighted by Crippen LogP contribution is -2.39. The number of nitrogens with zero attached hydrogens (tertiary/aromatic N) is 1. The van der Waals surface area contributed by atoms with Crippen LogP contribution in [-0.4, -0.2) is 29.7 Å². The monoisotopic (exact) mass is 217 g/mol. The fraction of sp³-hybridized carbons (Fsp3) is 0.571. The van der Waals surface area contributed by atoms with Crippen LogP contribution in [0.5, 0.6) is 0 Å². The van der Waals surface area contributed by atoms with Crippen molar-refractivity contribution in [1.29, 1.82) is 0 Å². The third-order valence-electron chi connectivity index (χ3n) is 4.39. The predicted octanol–water partition coefficient (Wildman–Crippen LogP) is 1.92. The van der Waals surface area contributed by atoms with E-state index in [1.807, 2.05) is 0 Å². The van der Waals surface area contributed by atoms with Crippen LogP contribution in [0.4, 0.5) is 0 Å². The van der Waals surface area contributed by atoms with Gasteiger partial charge in [0.2, 0.25) is 0 Å². The van der Waals surface area contributed by atoms with Crippen molar-refractivity contribution in [1.82, 2.24) is 4.90 Å². The maximum atomic E-state index is 9.34. The van der Waals surface area contributed by atoms with Gasteiger partial charge in [-0.1, -0.05) is 24.3 Å². The van der Waals surface area contributed by atoms with Gasteiger partial charge in [0.15, 0.2) is 0 Å². The maximum Gasteiger partial charge on any atom is 0.0439 e. The number of aliphatic hydroxyl groups is 1. The summed E-state index contributed by atoms with van der Waals surface area (Å²) < 4.78 is 0. The summed E-state index contributed by atoms with van der Waals surface area (Å²) in [5.41, 5.74) is 3.24. The molecule has 16 heavy (non-hydrogen) atoms. The van der Waals surface area contributed by atoms with E-state index in [9.17, 15) is 5.11 Å². The lowest BCUT2D eigenvalue weighted by atomic mass is 9.71. The molecule has 0 aliphatic carbocycles. The summed E-state index contributed by atoms with van der Waals surface area (Å²) in [4.78, 5) is 2.54. The molecule has 0 aromatic heterocycles. The van der Waals surface area contributed by atoms with Crippen molar-refractivity contribution in [3.05, 3.63) is 35.4 Å². The van der Waals surface area contributed by atoms with Crippen molar-refractivity contribution < 1.29 is 5.11 Å². The molecule has 2 bridgehead atoms. The molecule has 1 aromatic rings. The molecule has 3 aliphatic heterocycles. The van der Waals surface area contributed by atoms with Crippen LogP contribution in [0.1, 0.15) is 30.4 Å². The zero-order valence-electron chi connectivity index (χ0n) is 9.65. The van der Waals surface area contributed by atoms with Gasteiger partial charge in [0, 0.05) is 18.6 Å². The van der Waals surface area contributed by atoms with E-state index in [1.165, 1.54) is 37.1 Å². The molecule has 4 rings (SSSR count). The lowest BCUT2D eigenvalue weighted by molar-refractivity contribution is 0.142. The molecule has 1 aromatic carbocycles. The molecular formula is C14H19NO. The zero-order chi connectivity index (χ0) is 11.0. The van der Waals surface area contributed by atoms with E-state index in [-0.39, 0.29) is 5.41 Å². The lowest BCUT2D eigenvalue weighted by Gasteiger charge is -2.38. The molecule has 2 nitrogen and oxygen atoms in total. The van der Waals surface area contributed by atoms with Crippen LogP contribution >= 0.6 is 0 Å². The minimum absolute atomic E-state index is 0.262. The van der Waals surface area contributed by atoms with E-state index in [4.69, 9.17) is 0 Å². The van der Waals surface area contributed by atoms with Gasteiger partial charge in [0.25, 0.3) is 0 Å². The maximum absolute atomic E-state index is 9.34. The van der Waals surface area contributed by atoms with Crippen LogP contribution < -0.4 is 0 Å². The molecule has 1 saturated heterocycles. The van der Waals surface area contributed by atoms with E-state index in [2.05, 4.69) is 29.2 Å². The molecule has 1 N–H and O–H groups in total. The average Bonchev–Trinajstić information content (AvgIpc) is 2.56. The Morgan fingerprint density at radius 1 is 1.19 bits per heavy atom. The first-order chi connectivity index (χ1) is 7.84. The minimum Gasteiger partial charge on any atom is -0.396 e. The molecule has 3 heterocycles. The minimum atomic E-state index is 0.262. The van der Waals surface area contributed by atoms with E-state index >= 15 is 0 Å². The first-order valence-electron chi connectivity index (χ1n) is 6.26. The molecule has 0 saturated carbocycles. The Morgan fingerprint density at radius 2 is 1.94 bits per heavy atom. The van der Waals surface area contributed by atoms with Crippen molar-refractivity contribution in [3.63, 3.8) is 0 Å². The molecule has 86 valence electrons. The molecule has 0 unspecified atom stereocenters. The van der Waals surface area contributed by atoms with Gasteiger partial charge >= 0.3 is 0 Å². The van der Waals surface area contributed by atoms with Gasteiger partial charge in [0.05, 0.1) is 0 Å². The second-order valence-corrected chi connectivity index (χ2v) is 5.19. The first kappa shape index (κ1) is 10.3. The highest BCUT2D eigenvalue weighted by Gasteiger charge is 2.39. The summed E-state index contributed by atoms with van der Waals surface area (Å²) in [7, 11) is 0. The zero-order valence-corrected chi connectivity index (χ0v) is 9.65. The number of benzene rings is 1. The Labute approximate surface area is 96.9 Å². The van der Waals surface area contributed by atoms with E-state index < -0.39 is 0 Å². The number of fused-ring (bicyclic) bond motifs is 2. The highest BCUT2D eigenvalue weighted by atomic mass is 16.3. The largest absolute Gasteiger partial charge is 0.396 e. The Balaban J connectivity index is 2.09. The smallest absolute Gasteiger partial charge is 0.0439 e. The molecule has 0 spiro atoms. The van der Waals surface area contributed by atoms with Gasteiger partial charge in [-0.15, -0.1) is 0 Å². The fourth-order valence-corrected chi connectivity index (χ4v) is 3.42. The standard InChI is InChI=1S/C14H19NO/c16-10-7-14-5-8-15(9-6-14)11-12-3-1-2-4-13(12)14/h1-4,16H,5-11H2. The Hall–Kier alpha value is -0.860. The summed E-state index contributed by atoms with van der Waals surface area (Å²) >= 11 is 0. The second-order valence-electron chi connectivity index (χ2n) is 5.19. The Kier molecular flexibility index (Phi) is 2.49. The van der Waals surface area contributed by atoms with Gasteiger partial charge in [-0.3, -0.25) is 4.90 Å². The second kappa shape index (κ2) is 3.86. The summed E-state index contributed by atoms with van der Waals surface area (Å²) in [6.45, 7) is 3.79. The highest BCUT2D eigenvalue weighted by Crippen LogP contribution is 2.43. The Bertz CT molecular complexity index is 380. The fourth-order valence-electron chi connectivity index (χ4n) is 3.42. The van der Waals surface area contributed by atoms with E-state index in [0.29, 0.717) is 6.61 Å². The van der Waals surface area contributed by atoms with Gasteiger partial charge in [0.1, 0.15) is 0 Å². The number of piperidine rings is 1. The summed E-state index contributed by atoms with van der Waals surface area (Å²) in [5, 5.41) is 9.34. The average molecular weight is 217 g/mol. The SMILES string of the molecule is OCCC12CCN(CC1)Cc1ccccc12. The van der Waals surface area contributed by atoms with Crippen molar-refractivity contribution >= 4 is 0 Å². The first-order valence-corrected chi connectivity index (χ1v) is 6.26. The number of aliphatic hydroxyl groups excluding tert-OH is 1. The highest BCUT2D eigenvalue weighted by molar-refractivity contribution is 5.37. The molecule has 3 aliphatic rings. The number of hydrogen-bond acceptors (Lipinski definition) is 2. The summed E-state index contributed by atoms with van der Waals surface area (Å²) in [5.74, 6) is 0. The number of rotatable bonds is 2. The van der Waals surface area contributed by atoms with E-state index in [1.54, 1.807) is 0 Å². The summed E-state index contributed by atoms with van der Waals surface area (Å²) in [6.07, 6.45) is 3.35. The quantitative estimate of drug-likeness (QED) is 0.818. The molecule has 0 radical (unpaired) electrons. The van der Waals surface area contributed by atoms with Crippen LogP contribution in [0.2, 0.25) is 0 Å². The van der Waals surface area contributed by atoms with Crippen molar-refractivity contribution in [3.8, 4) is 0 Å². The van der Waals surface area contributed by atoms with Crippen LogP contribution in [-0.2, 0) is 12.0 Å². The molecule has 2 heteroatoms. The third-order valence-corrected chi connectivity index (χ3v) is 4.39. The molecular weight excluding hydrogens is 198 g/mol. The van der Waals surface area contributed by atoms with Gasteiger partial charge in [-0.2, -0.15) is 0 Å². The van der Waals surface area contributed by atoms with Crippen LogP contribution in [0, 0.1) is 0 Å². The van der Waals surface area contributed by atoms with Gasteiger partial charge < -0.3 is 5.11 Å². The van der Waals surface area contributed by atoms with Gasteiger partial charge in [-0.05, 0) is 43.5 Å². The Morgan fingerprint density at radius 3 is 2.69 bits per heavy atom. The van der Waals surface area contributed by atoms with Crippen LogP contribution in [0.25, 0.3) is 0 Å².